The van der Waals surface area contributed by atoms with Gasteiger partial charge in [0.05, 0.1) is 18.1 Å². The van der Waals surface area contributed by atoms with Gasteiger partial charge in [-0.1, -0.05) is 12.1 Å². The van der Waals surface area contributed by atoms with Crippen LogP contribution in [0, 0.1) is 0 Å². The molecule has 26 heavy (non-hydrogen) atoms. The summed E-state index contributed by atoms with van der Waals surface area (Å²) in [6, 6.07) is 7.59. The van der Waals surface area contributed by atoms with Gasteiger partial charge in [0.15, 0.2) is 0 Å². The molecule has 1 aromatic heterocycles. The molecule has 1 aromatic carbocycles. The van der Waals surface area contributed by atoms with Crippen LogP contribution in [-0.4, -0.2) is 52.9 Å². The SMILES string of the molecule is COc1nc2ccccc2nc1OC1CCN(C(=O)OC(C)(C)C)CC1. The third-order valence-electron chi connectivity index (χ3n) is 4.07. The summed E-state index contributed by atoms with van der Waals surface area (Å²) in [5.74, 6) is 0.764. The summed E-state index contributed by atoms with van der Waals surface area (Å²) in [5, 5.41) is 0. The van der Waals surface area contributed by atoms with E-state index in [-0.39, 0.29) is 12.2 Å². The molecule has 0 bridgehead atoms. The van der Waals surface area contributed by atoms with Crippen molar-refractivity contribution in [1.29, 1.82) is 0 Å². The maximum absolute atomic E-state index is 12.1. The summed E-state index contributed by atoms with van der Waals surface area (Å²) in [6.45, 7) is 6.77. The Morgan fingerprint density at radius 2 is 1.65 bits per heavy atom. The first-order valence-corrected chi connectivity index (χ1v) is 8.81. The molecule has 1 aliphatic heterocycles. The number of piperidine rings is 1. The van der Waals surface area contributed by atoms with Gasteiger partial charge in [-0.05, 0) is 32.9 Å². The van der Waals surface area contributed by atoms with Gasteiger partial charge in [-0.3, -0.25) is 0 Å². The number of hydrogen-bond donors (Lipinski definition) is 0. The molecule has 1 amide bonds. The van der Waals surface area contributed by atoms with Crippen molar-refractivity contribution in [2.24, 2.45) is 0 Å². The predicted octanol–water partition coefficient (Wildman–Crippen LogP) is 3.42. The lowest BCUT2D eigenvalue weighted by Crippen LogP contribution is -2.44. The molecule has 140 valence electrons. The molecule has 0 saturated carbocycles. The molecule has 3 rings (SSSR count). The Kier molecular flexibility index (Phi) is 5.15. The number of amides is 1. The highest BCUT2D eigenvalue weighted by Gasteiger charge is 2.28. The van der Waals surface area contributed by atoms with E-state index in [9.17, 15) is 4.79 Å². The zero-order valence-electron chi connectivity index (χ0n) is 15.7. The number of aromatic nitrogens is 2. The molecule has 0 unspecified atom stereocenters. The minimum atomic E-state index is -0.488. The topological polar surface area (TPSA) is 73.8 Å². The fourth-order valence-electron chi connectivity index (χ4n) is 2.82. The van der Waals surface area contributed by atoms with Crippen molar-refractivity contribution in [3.8, 4) is 11.8 Å². The van der Waals surface area contributed by atoms with Gasteiger partial charge in [0.1, 0.15) is 11.7 Å². The number of benzene rings is 1. The van der Waals surface area contributed by atoms with Crippen LogP contribution >= 0.6 is 0 Å². The number of nitrogens with zero attached hydrogens (tertiary/aromatic N) is 3. The van der Waals surface area contributed by atoms with Crippen LogP contribution in [0.15, 0.2) is 24.3 Å². The number of para-hydroxylation sites is 2. The molecule has 0 atom stereocenters. The van der Waals surface area contributed by atoms with E-state index < -0.39 is 5.60 Å². The number of methoxy groups -OCH3 is 1. The summed E-state index contributed by atoms with van der Waals surface area (Å²) < 4.78 is 16.8. The minimum absolute atomic E-state index is 0.0435. The van der Waals surface area contributed by atoms with E-state index in [1.807, 2.05) is 45.0 Å². The molecule has 0 N–H and O–H groups in total. The van der Waals surface area contributed by atoms with Gasteiger partial charge in [-0.25, -0.2) is 14.8 Å². The summed E-state index contributed by atoms with van der Waals surface area (Å²) >= 11 is 0. The third-order valence-corrected chi connectivity index (χ3v) is 4.07. The van der Waals surface area contributed by atoms with E-state index in [2.05, 4.69) is 9.97 Å². The Morgan fingerprint density at radius 3 is 2.19 bits per heavy atom. The molecule has 7 nitrogen and oxygen atoms in total. The highest BCUT2D eigenvalue weighted by atomic mass is 16.6. The summed E-state index contributed by atoms with van der Waals surface area (Å²) in [7, 11) is 1.55. The van der Waals surface area contributed by atoms with Gasteiger partial charge in [0, 0.05) is 25.9 Å². The smallest absolute Gasteiger partial charge is 0.410 e. The van der Waals surface area contributed by atoms with Crippen LogP contribution in [0.5, 0.6) is 11.8 Å². The average molecular weight is 359 g/mol. The quantitative estimate of drug-likeness (QED) is 0.836. The first-order valence-electron chi connectivity index (χ1n) is 8.81. The Bertz CT molecular complexity index is 780. The van der Waals surface area contributed by atoms with E-state index in [0.717, 1.165) is 11.0 Å². The van der Waals surface area contributed by atoms with Crippen LogP contribution in [0.2, 0.25) is 0 Å². The van der Waals surface area contributed by atoms with Gasteiger partial charge in [0.2, 0.25) is 0 Å². The fraction of sp³-hybridized carbons (Fsp3) is 0.526. The number of carbonyl (C=O) groups is 1. The third kappa shape index (κ3) is 4.33. The van der Waals surface area contributed by atoms with E-state index >= 15 is 0 Å². The monoisotopic (exact) mass is 359 g/mol. The van der Waals surface area contributed by atoms with Crippen LogP contribution in [-0.2, 0) is 4.74 Å². The molecular weight excluding hydrogens is 334 g/mol. The number of carbonyl (C=O) groups excluding carboxylic acids is 1. The number of fused-ring (bicyclic) bond motifs is 1. The van der Waals surface area contributed by atoms with Crippen LogP contribution in [0.3, 0.4) is 0 Å². The van der Waals surface area contributed by atoms with E-state index in [0.29, 0.717) is 37.7 Å². The zero-order chi connectivity index (χ0) is 18.7. The molecule has 1 fully saturated rings. The van der Waals surface area contributed by atoms with Crippen molar-refractivity contribution in [3.05, 3.63) is 24.3 Å². The van der Waals surface area contributed by atoms with Gasteiger partial charge in [-0.15, -0.1) is 0 Å². The second-order valence-corrected chi connectivity index (χ2v) is 7.31. The van der Waals surface area contributed by atoms with Gasteiger partial charge < -0.3 is 19.1 Å². The standard InChI is InChI=1S/C19H25N3O4/c1-19(2,3)26-18(23)22-11-9-13(10-12-22)25-17-16(24-4)20-14-7-5-6-8-15(14)21-17/h5-8,13H,9-12H2,1-4H3. The molecule has 0 radical (unpaired) electrons. The maximum atomic E-state index is 12.1. The molecule has 2 aromatic rings. The average Bonchev–Trinajstić information content (AvgIpc) is 2.60. The Hall–Kier alpha value is -2.57. The summed E-state index contributed by atoms with van der Waals surface area (Å²) in [5.41, 5.74) is 1.03. The van der Waals surface area contributed by atoms with Crippen LogP contribution in [0.25, 0.3) is 11.0 Å². The van der Waals surface area contributed by atoms with E-state index in [1.54, 1.807) is 12.0 Å². The molecule has 1 saturated heterocycles. The van der Waals surface area contributed by atoms with Crippen LogP contribution < -0.4 is 9.47 Å². The second-order valence-electron chi connectivity index (χ2n) is 7.31. The highest BCUT2D eigenvalue weighted by Crippen LogP contribution is 2.28. The van der Waals surface area contributed by atoms with Crippen LogP contribution in [0.1, 0.15) is 33.6 Å². The molecule has 0 spiro atoms. The lowest BCUT2D eigenvalue weighted by atomic mass is 10.1. The predicted molar refractivity (Wildman–Crippen MR) is 97.5 cm³/mol. The number of likely N-dealkylation sites (tertiary alicyclic amines) is 1. The van der Waals surface area contributed by atoms with Crippen molar-refractivity contribution < 1.29 is 19.0 Å². The Labute approximate surface area is 153 Å². The Morgan fingerprint density at radius 1 is 1.08 bits per heavy atom. The molecule has 2 heterocycles. The second kappa shape index (κ2) is 7.35. The zero-order valence-corrected chi connectivity index (χ0v) is 15.7. The van der Waals surface area contributed by atoms with Crippen molar-refractivity contribution in [1.82, 2.24) is 14.9 Å². The summed E-state index contributed by atoms with van der Waals surface area (Å²) in [4.78, 5) is 22.8. The first-order chi connectivity index (χ1) is 12.4. The molecule has 1 aliphatic rings. The van der Waals surface area contributed by atoms with E-state index in [4.69, 9.17) is 14.2 Å². The largest absolute Gasteiger partial charge is 0.477 e. The number of rotatable bonds is 3. The van der Waals surface area contributed by atoms with Crippen molar-refractivity contribution in [3.63, 3.8) is 0 Å². The number of ether oxygens (including phenoxy) is 3. The minimum Gasteiger partial charge on any atom is -0.477 e. The normalized spacial score (nSPS) is 15.8. The van der Waals surface area contributed by atoms with E-state index in [1.165, 1.54) is 0 Å². The number of hydrogen-bond acceptors (Lipinski definition) is 6. The highest BCUT2D eigenvalue weighted by molar-refractivity contribution is 5.75. The molecular formula is C19H25N3O4. The maximum Gasteiger partial charge on any atom is 0.410 e. The van der Waals surface area contributed by atoms with Crippen molar-refractivity contribution in [2.45, 2.75) is 45.3 Å². The van der Waals surface area contributed by atoms with Gasteiger partial charge >= 0.3 is 6.09 Å². The van der Waals surface area contributed by atoms with Crippen molar-refractivity contribution >= 4 is 17.1 Å². The van der Waals surface area contributed by atoms with Crippen LogP contribution in [0.4, 0.5) is 4.79 Å². The molecule has 0 aliphatic carbocycles. The van der Waals surface area contributed by atoms with Gasteiger partial charge in [0.25, 0.3) is 11.8 Å². The van der Waals surface area contributed by atoms with Gasteiger partial charge in [-0.2, -0.15) is 0 Å². The molecule has 7 heteroatoms. The lowest BCUT2D eigenvalue weighted by molar-refractivity contribution is 0.0120. The lowest BCUT2D eigenvalue weighted by Gasteiger charge is -2.33. The fourth-order valence-corrected chi connectivity index (χ4v) is 2.82. The first kappa shape index (κ1) is 18.2. The summed E-state index contributed by atoms with van der Waals surface area (Å²) in [6.07, 6.45) is 1.09. The van der Waals surface area contributed by atoms with Crippen molar-refractivity contribution in [2.75, 3.05) is 20.2 Å². The Balaban J connectivity index is 1.64.